The number of benzene rings is 1. The highest BCUT2D eigenvalue weighted by molar-refractivity contribution is 8.01. The molecule has 1 atom stereocenters. The molecule has 1 amide bonds. The number of thioether (sulfide) groups is 1. The molecular formula is C15H14N2O2S2. The molecule has 0 radical (unpaired) electrons. The van der Waals surface area contributed by atoms with E-state index in [-0.39, 0.29) is 11.9 Å². The van der Waals surface area contributed by atoms with Crippen molar-refractivity contribution in [2.45, 2.75) is 17.3 Å². The zero-order chi connectivity index (χ0) is 14.7. The van der Waals surface area contributed by atoms with Crippen LogP contribution in [0.25, 0.3) is 10.2 Å². The summed E-state index contributed by atoms with van der Waals surface area (Å²) in [6.45, 7) is 1.90. The second kappa shape index (κ2) is 6.32. The van der Waals surface area contributed by atoms with Crippen molar-refractivity contribution in [3.63, 3.8) is 0 Å². The summed E-state index contributed by atoms with van der Waals surface area (Å²) in [6.07, 6.45) is 1.61. The van der Waals surface area contributed by atoms with Crippen LogP contribution < -0.4 is 5.32 Å². The Morgan fingerprint density at radius 2 is 2.24 bits per heavy atom. The van der Waals surface area contributed by atoms with Crippen LogP contribution in [0.3, 0.4) is 0 Å². The molecule has 3 rings (SSSR count). The fraction of sp³-hybridized carbons (Fsp3) is 0.200. The van der Waals surface area contributed by atoms with Crippen molar-refractivity contribution in [1.29, 1.82) is 0 Å². The third-order valence-electron chi connectivity index (χ3n) is 2.95. The number of fused-ring (bicyclic) bond motifs is 1. The molecule has 0 spiro atoms. The fourth-order valence-electron chi connectivity index (χ4n) is 1.93. The van der Waals surface area contributed by atoms with Gasteiger partial charge in [0.25, 0.3) is 0 Å². The number of thiazole rings is 1. The highest BCUT2D eigenvalue weighted by atomic mass is 32.2. The molecule has 0 aliphatic rings. The molecule has 4 nitrogen and oxygen atoms in total. The van der Waals surface area contributed by atoms with Gasteiger partial charge in [-0.1, -0.05) is 23.9 Å². The van der Waals surface area contributed by atoms with Crippen LogP contribution in [-0.2, 0) is 4.79 Å². The lowest BCUT2D eigenvalue weighted by molar-refractivity contribution is -0.119. The maximum absolute atomic E-state index is 11.9. The van der Waals surface area contributed by atoms with Gasteiger partial charge in [0, 0.05) is 0 Å². The summed E-state index contributed by atoms with van der Waals surface area (Å²) in [5, 5.41) is 2.91. The third kappa shape index (κ3) is 3.46. The lowest BCUT2D eigenvalue weighted by Gasteiger charge is -2.10. The summed E-state index contributed by atoms with van der Waals surface area (Å²) >= 11 is 3.07. The smallest absolute Gasteiger partial charge is 0.231 e. The maximum atomic E-state index is 11.9. The average Bonchev–Trinajstić information content (AvgIpc) is 3.14. The first-order valence-corrected chi connectivity index (χ1v) is 8.34. The van der Waals surface area contributed by atoms with E-state index >= 15 is 0 Å². The zero-order valence-electron chi connectivity index (χ0n) is 11.4. The first-order chi connectivity index (χ1) is 10.2. The largest absolute Gasteiger partial charge is 0.467 e. The zero-order valence-corrected chi connectivity index (χ0v) is 13.0. The number of aromatic nitrogens is 1. The predicted octanol–water partition coefficient (Wildman–Crippen LogP) is 3.86. The van der Waals surface area contributed by atoms with E-state index < -0.39 is 0 Å². The van der Waals surface area contributed by atoms with Crippen LogP contribution in [-0.4, -0.2) is 16.6 Å². The summed E-state index contributed by atoms with van der Waals surface area (Å²) < 4.78 is 7.32. The molecule has 1 aromatic carbocycles. The van der Waals surface area contributed by atoms with Crippen LogP contribution in [0.15, 0.2) is 51.4 Å². The Bertz CT molecular complexity index is 704. The van der Waals surface area contributed by atoms with Crippen molar-refractivity contribution in [2.75, 3.05) is 5.75 Å². The predicted molar refractivity (Wildman–Crippen MR) is 85.6 cm³/mol. The van der Waals surface area contributed by atoms with Gasteiger partial charge < -0.3 is 9.73 Å². The number of nitrogens with one attached hydrogen (secondary N) is 1. The highest BCUT2D eigenvalue weighted by Gasteiger charge is 2.13. The Labute approximate surface area is 130 Å². The van der Waals surface area contributed by atoms with E-state index in [9.17, 15) is 4.79 Å². The van der Waals surface area contributed by atoms with Crippen molar-refractivity contribution in [1.82, 2.24) is 10.3 Å². The highest BCUT2D eigenvalue weighted by Crippen LogP contribution is 2.29. The van der Waals surface area contributed by atoms with Crippen LogP contribution in [0.2, 0.25) is 0 Å². The number of hydrogen-bond donors (Lipinski definition) is 1. The number of furan rings is 1. The number of carbonyl (C=O) groups is 1. The molecule has 0 saturated heterocycles. The lowest BCUT2D eigenvalue weighted by Crippen LogP contribution is -2.27. The minimum atomic E-state index is -0.122. The Hall–Kier alpha value is -1.79. The van der Waals surface area contributed by atoms with E-state index in [0.717, 1.165) is 20.3 Å². The van der Waals surface area contributed by atoms with E-state index in [1.165, 1.54) is 11.8 Å². The van der Waals surface area contributed by atoms with E-state index in [1.54, 1.807) is 17.6 Å². The Morgan fingerprint density at radius 3 is 3.00 bits per heavy atom. The molecule has 108 valence electrons. The molecule has 0 unspecified atom stereocenters. The summed E-state index contributed by atoms with van der Waals surface area (Å²) in [7, 11) is 0. The van der Waals surface area contributed by atoms with E-state index in [0.29, 0.717) is 5.75 Å². The Kier molecular flexibility index (Phi) is 4.26. The van der Waals surface area contributed by atoms with Crippen molar-refractivity contribution in [3.8, 4) is 0 Å². The molecule has 0 aliphatic heterocycles. The molecule has 0 aliphatic carbocycles. The lowest BCUT2D eigenvalue weighted by atomic mass is 10.2. The minimum absolute atomic E-state index is 0.0249. The third-order valence-corrected chi connectivity index (χ3v) is 5.13. The van der Waals surface area contributed by atoms with Gasteiger partial charge in [-0.2, -0.15) is 0 Å². The van der Waals surface area contributed by atoms with Gasteiger partial charge in [-0.15, -0.1) is 11.3 Å². The number of carbonyl (C=O) groups excluding carboxylic acids is 1. The monoisotopic (exact) mass is 318 g/mol. The SMILES string of the molecule is C[C@H](NC(=O)CSc1nc2ccccc2s1)c1ccco1. The molecule has 21 heavy (non-hydrogen) atoms. The first-order valence-electron chi connectivity index (χ1n) is 6.53. The Balaban J connectivity index is 1.56. The van der Waals surface area contributed by atoms with Gasteiger partial charge in [0.2, 0.25) is 5.91 Å². The summed E-state index contributed by atoms with van der Waals surface area (Å²) in [4.78, 5) is 16.4. The normalized spacial score (nSPS) is 12.4. The van der Waals surface area contributed by atoms with Gasteiger partial charge in [-0.25, -0.2) is 4.98 Å². The summed E-state index contributed by atoms with van der Waals surface area (Å²) in [5.74, 6) is 1.08. The fourth-order valence-corrected chi connectivity index (χ4v) is 3.81. The molecule has 0 saturated carbocycles. The van der Waals surface area contributed by atoms with Crippen LogP contribution in [0.4, 0.5) is 0 Å². The molecule has 3 aromatic rings. The van der Waals surface area contributed by atoms with E-state index in [1.807, 2.05) is 43.3 Å². The first kappa shape index (κ1) is 14.2. The second-order valence-corrected chi connectivity index (χ2v) is 6.79. The number of hydrogen-bond acceptors (Lipinski definition) is 5. The van der Waals surface area contributed by atoms with Crippen LogP contribution >= 0.6 is 23.1 Å². The van der Waals surface area contributed by atoms with E-state index in [2.05, 4.69) is 10.3 Å². The standard InChI is InChI=1S/C15H14N2O2S2/c1-10(12-6-4-8-19-12)16-14(18)9-20-15-17-11-5-2-3-7-13(11)21-15/h2-8,10H,9H2,1H3,(H,16,18)/t10-/m0/s1. The van der Waals surface area contributed by atoms with E-state index in [4.69, 9.17) is 4.42 Å². The van der Waals surface area contributed by atoms with Crippen molar-refractivity contribution < 1.29 is 9.21 Å². The summed E-state index contributed by atoms with van der Waals surface area (Å²) in [6, 6.07) is 11.5. The Morgan fingerprint density at radius 1 is 1.38 bits per heavy atom. The van der Waals surface area contributed by atoms with Crippen molar-refractivity contribution in [3.05, 3.63) is 48.4 Å². The number of rotatable bonds is 5. The molecule has 2 aromatic heterocycles. The topological polar surface area (TPSA) is 55.1 Å². The number of amides is 1. The van der Waals surface area contributed by atoms with Crippen molar-refractivity contribution in [2.24, 2.45) is 0 Å². The molecule has 2 heterocycles. The van der Waals surface area contributed by atoms with Gasteiger partial charge in [-0.05, 0) is 31.2 Å². The molecule has 1 N–H and O–H groups in total. The molecule has 6 heteroatoms. The molecular weight excluding hydrogens is 304 g/mol. The van der Waals surface area contributed by atoms with Crippen molar-refractivity contribution >= 4 is 39.2 Å². The molecule has 0 bridgehead atoms. The molecule has 0 fully saturated rings. The minimum Gasteiger partial charge on any atom is -0.467 e. The van der Waals surface area contributed by atoms with Crippen LogP contribution in [0.1, 0.15) is 18.7 Å². The van der Waals surface area contributed by atoms with Gasteiger partial charge >= 0.3 is 0 Å². The maximum Gasteiger partial charge on any atom is 0.231 e. The van der Waals surface area contributed by atoms with Gasteiger partial charge in [0.15, 0.2) is 4.34 Å². The van der Waals surface area contributed by atoms with Gasteiger partial charge in [0.1, 0.15) is 5.76 Å². The second-order valence-electron chi connectivity index (χ2n) is 4.54. The van der Waals surface area contributed by atoms with Crippen LogP contribution in [0.5, 0.6) is 0 Å². The number of para-hydroxylation sites is 1. The van der Waals surface area contributed by atoms with Crippen LogP contribution in [0, 0.1) is 0 Å². The quantitative estimate of drug-likeness (QED) is 0.726. The summed E-state index contributed by atoms with van der Waals surface area (Å²) in [5.41, 5.74) is 0.981. The van der Waals surface area contributed by atoms with Gasteiger partial charge in [0.05, 0.1) is 28.3 Å². The number of nitrogens with zero attached hydrogens (tertiary/aromatic N) is 1. The average molecular weight is 318 g/mol. The van der Waals surface area contributed by atoms with Gasteiger partial charge in [-0.3, -0.25) is 4.79 Å².